The van der Waals surface area contributed by atoms with E-state index in [2.05, 4.69) is 10.3 Å². The molecule has 0 saturated heterocycles. The van der Waals surface area contributed by atoms with Crippen LogP contribution < -0.4 is 19.5 Å². The van der Waals surface area contributed by atoms with Gasteiger partial charge in [0.1, 0.15) is 28.6 Å². The third-order valence-electron chi connectivity index (χ3n) is 3.94. The molecule has 1 N–H and O–H groups in total. The van der Waals surface area contributed by atoms with Gasteiger partial charge in [0.2, 0.25) is 0 Å². The third kappa shape index (κ3) is 5.48. The maximum Gasteiger partial charge on any atom is 0.342 e. The molecule has 0 aliphatic rings. The van der Waals surface area contributed by atoms with Crippen molar-refractivity contribution in [3.8, 4) is 23.0 Å². The van der Waals surface area contributed by atoms with Crippen LogP contribution >= 0.6 is 0 Å². The minimum atomic E-state index is -0.687. The van der Waals surface area contributed by atoms with Gasteiger partial charge in [0, 0.05) is 30.1 Å². The number of amides is 1. The van der Waals surface area contributed by atoms with E-state index in [0.717, 1.165) is 0 Å². The normalized spacial score (nSPS) is 10.1. The molecule has 0 aliphatic carbocycles. The Bertz CT molecular complexity index is 1000. The molecular formula is C22H20N2O6. The number of anilines is 1. The maximum absolute atomic E-state index is 12.5. The molecule has 0 aliphatic heterocycles. The predicted octanol–water partition coefficient (Wildman–Crippen LogP) is 3.69. The van der Waals surface area contributed by atoms with Crippen molar-refractivity contribution >= 4 is 17.6 Å². The van der Waals surface area contributed by atoms with Crippen molar-refractivity contribution in [1.82, 2.24) is 4.98 Å². The van der Waals surface area contributed by atoms with Gasteiger partial charge in [-0.3, -0.25) is 9.78 Å². The van der Waals surface area contributed by atoms with E-state index in [4.69, 9.17) is 18.9 Å². The summed E-state index contributed by atoms with van der Waals surface area (Å²) in [5, 5.41) is 2.64. The van der Waals surface area contributed by atoms with Gasteiger partial charge in [-0.1, -0.05) is 12.1 Å². The van der Waals surface area contributed by atoms with Gasteiger partial charge < -0.3 is 24.3 Å². The fourth-order valence-electron chi connectivity index (χ4n) is 2.54. The Morgan fingerprint density at radius 2 is 1.67 bits per heavy atom. The number of methoxy groups -OCH3 is 2. The summed E-state index contributed by atoms with van der Waals surface area (Å²) >= 11 is 0. The number of carbonyl (C=O) groups is 2. The van der Waals surface area contributed by atoms with Crippen LogP contribution in [-0.2, 0) is 9.53 Å². The van der Waals surface area contributed by atoms with E-state index in [-0.39, 0.29) is 5.56 Å². The number of hydrogen-bond donors (Lipinski definition) is 1. The molecule has 0 bridgehead atoms. The Hall–Kier alpha value is -4.07. The highest BCUT2D eigenvalue weighted by molar-refractivity contribution is 5.97. The van der Waals surface area contributed by atoms with Crippen molar-refractivity contribution in [2.45, 2.75) is 0 Å². The summed E-state index contributed by atoms with van der Waals surface area (Å²) in [6.45, 7) is -0.473. The summed E-state index contributed by atoms with van der Waals surface area (Å²) in [6, 6.07) is 14.9. The minimum absolute atomic E-state index is 0.192. The standard InChI is InChI=1S/C22H20N2O6/c1-27-17-10-15(11-18(12-17)28-2)24-21(25)14-29-22(26)19-7-3-4-8-20(19)30-16-6-5-9-23-13-16/h3-13H,14H2,1-2H3,(H,24,25). The second kappa shape index (κ2) is 9.92. The Morgan fingerprint density at radius 1 is 0.933 bits per heavy atom. The van der Waals surface area contributed by atoms with Crippen LogP contribution in [0.15, 0.2) is 67.0 Å². The number of nitrogens with zero attached hydrogens (tertiary/aromatic N) is 1. The second-order valence-corrected chi connectivity index (χ2v) is 6.01. The highest BCUT2D eigenvalue weighted by Crippen LogP contribution is 2.26. The van der Waals surface area contributed by atoms with E-state index in [1.54, 1.807) is 60.8 Å². The van der Waals surface area contributed by atoms with Crippen molar-refractivity contribution in [3.05, 3.63) is 72.6 Å². The second-order valence-electron chi connectivity index (χ2n) is 6.01. The predicted molar refractivity (Wildman–Crippen MR) is 109 cm³/mol. The molecule has 1 amide bonds. The van der Waals surface area contributed by atoms with Gasteiger partial charge >= 0.3 is 5.97 Å². The fraction of sp³-hybridized carbons (Fsp3) is 0.136. The minimum Gasteiger partial charge on any atom is -0.497 e. The summed E-state index contributed by atoms with van der Waals surface area (Å²) in [7, 11) is 3.01. The van der Waals surface area contributed by atoms with Crippen LogP contribution in [0.4, 0.5) is 5.69 Å². The van der Waals surface area contributed by atoms with Crippen LogP contribution in [0, 0.1) is 0 Å². The highest BCUT2D eigenvalue weighted by Gasteiger charge is 2.16. The summed E-state index contributed by atoms with van der Waals surface area (Å²) in [6.07, 6.45) is 3.14. The molecule has 30 heavy (non-hydrogen) atoms. The number of para-hydroxylation sites is 1. The number of nitrogens with one attached hydrogen (secondary N) is 1. The lowest BCUT2D eigenvalue weighted by molar-refractivity contribution is -0.119. The first-order chi connectivity index (χ1) is 14.6. The van der Waals surface area contributed by atoms with E-state index in [1.807, 2.05) is 0 Å². The summed E-state index contributed by atoms with van der Waals surface area (Å²) in [5.74, 6) is 0.610. The number of carbonyl (C=O) groups excluding carboxylic acids is 2. The van der Waals surface area contributed by atoms with Gasteiger partial charge in [-0.2, -0.15) is 0 Å². The number of esters is 1. The quantitative estimate of drug-likeness (QED) is 0.568. The lowest BCUT2D eigenvalue weighted by Gasteiger charge is -2.12. The number of hydrogen-bond acceptors (Lipinski definition) is 7. The van der Waals surface area contributed by atoms with E-state index in [1.165, 1.54) is 20.4 Å². The molecule has 0 saturated carbocycles. The van der Waals surface area contributed by atoms with Crippen molar-refractivity contribution in [2.24, 2.45) is 0 Å². The highest BCUT2D eigenvalue weighted by atomic mass is 16.5. The van der Waals surface area contributed by atoms with Gasteiger partial charge in [0.25, 0.3) is 5.91 Å². The molecule has 0 unspecified atom stereocenters. The van der Waals surface area contributed by atoms with Gasteiger partial charge in [0.05, 0.1) is 20.4 Å². The Kier molecular flexibility index (Phi) is 6.83. The summed E-state index contributed by atoms with van der Waals surface area (Å²) in [5.41, 5.74) is 0.643. The van der Waals surface area contributed by atoms with Crippen LogP contribution in [0.25, 0.3) is 0 Å². The van der Waals surface area contributed by atoms with Crippen molar-refractivity contribution in [1.29, 1.82) is 0 Å². The average Bonchev–Trinajstić information content (AvgIpc) is 2.78. The van der Waals surface area contributed by atoms with Crippen LogP contribution in [0.2, 0.25) is 0 Å². The van der Waals surface area contributed by atoms with Gasteiger partial charge in [-0.15, -0.1) is 0 Å². The van der Waals surface area contributed by atoms with Crippen molar-refractivity contribution in [2.75, 3.05) is 26.1 Å². The van der Waals surface area contributed by atoms with Gasteiger partial charge in [-0.25, -0.2) is 4.79 Å². The molecule has 3 rings (SSSR count). The number of aromatic nitrogens is 1. The van der Waals surface area contributed by atoms with Crippen LogP contribution in [0.5, 0.6) is 23.0 Å². The lowest BCUT2D eigenvalue weighted by atomic mass is 10.2. The van der Waals surface area contributed by atoms with Crippen molar-refractivity contribution in [3.63, 3.8) is 0 Å². The van der Waals surface area contributed by atoms with Gasteiger partial charge in [-0.05, 0) is 24.3 Å². The molecule has 1 aromatic heterocycles. The molecular weight excluding hydrogens is 388 g/mol. The Balaban J connectivity index is 1.63. The zero-order valence-corrected chi connectivity index (χ0v) is 16.5. The topological polar surface area (TPSA) is 96.0 Å². The molecule has 8 nitrogen and oxygen atoms in total. The van der Waals surface area contributed by atoms with E-state index < -0.39 is 18.5 Å². The Labute approximate surface area is 173 Å². The number of rotatable bonds is 8. The lowest BCUT2D eigenvalue weighted by Crippen LogP contribution is -2.21. The van der Waals surface area contributed by atoms with E-state index in [0.29, 0.717) is 28.7 Å². The first-order valence-corrected chi connectivity index (χ1v) is 8.96. The monoisotopic (exact) mass is 408 g/mol. The summed E-state index contributed by atoms with van der Waals surface area (Å²) < 4.78 is 21.2. The first-order valence-electron chi connectivity index (χ1n) is 8.96. The molecule has 154 valence electrons. The van der Waals surface area contributed by atoms with E-state index >= 15 is 0 Å². The molecule has 2 aromatic carbocycles. The van der Waals surface area contributed by atoms with E-state index in [9.17, 15) is 9.59 Å². The van der Waals surface area contributed by atoms with Crippen LogP contribution in [-0.4, -0.2) is 37.7 Å². The molecule has 0 atom stereocenters. The van der Waals surface area contributed by atoms with Gasteiger partial charge in [0.15, 0.2) is 6.61 Å². The zero-order chi connectivity index (χ0) is 21.3. The first kappa shape index (κ1) is 20.7. The molecule has 1 heterocycles. The number of benzene rings is 2. The molecule has 0 radical (unpaired) electrons. The third-order valence-corrected chi connectivity index (χ3v) is 3.94. The summed E-state index contributed by atoms with van der Waals surface area (Å²) in [4.78, 5) is 28.7. The molecule has 3 aromatic rings. The average molecular weight is 408 g/mol. The number of ether oxygens (including phenoxy) is 4. The maximum atomic E-state index is 12.5. The Morgan fingerprint density at radius 3 is 2.33 bits per heavy atom. The van der Waals surface area contributed by atoms with Crippen LogP contribution in [0.1, 0.15) is 10.4 Å². The number of pyridine rings is 1. The zero-order valence-electron chi connectivity index (χ0n) is 16.5. The fourth-order valence-corrected chi connectivity index (χ4v) is 2.54. The molecule has 0 spiro atoms. The SMILES string of the molecule is COc1cc(NC(=O)COC(=O)c2ccccc2Oc2cccnc2)cc(OC)c1. The molecule has 8 heteroatoms. The molecule has 0 fully saturated rings. The van der Waals surface area contributed by atoms with Crippen LogP contribution in [0.3, 0.4) is 0 Å². The van der Waals surface area contributed by atoms with Crippen molar-refractivity contribution < 1.29 is 28.5 Å². The smallest absolute Gasteiger partial charge is 0.342 e. The largest absolute Gasteiger partial charge is 0.497 e.